The first kappa shape index (κ1) is 18.4. The molecule has 0 aromatic carbocycles. The van der Waals surface area contributed by atoms with Crippen LogP contribution in [0.4, 0.5) is 0 Å². The molecule has 0 amide bonds. The van der Waals surface area contributed by atoms with Crippen LogP contribution in [0.1, 0.15) is 47.5 Å². The molecule has 0 bridgehead atoms. The number of piperidine rings is 1. The minimum absolute atomic E-state index is 0.0627. The van der Waals surface area contributed by atoms with Gasteiger partial charge < -0.3 is 9.57 Å². The van der Waals surface area contributed by atoms with Gasteiger partial charge in [0.15, 0.2) is 0 Å². The lowest BCUT2D eigenvalue weighted by atomic mass is 9.94. The summed E-state index contributed by atoms with van der Waals surface area (Å²) in [7, 11) is 0. The van der Waals surface area contributed by atoms with Crippen molar-refractivity contribution in [2.45, 2.75) is 53.6 Å². The highest BCUT2D eigenvalue weighted by Crippen LogP contribution is 2.19. The van der Waals surface area contributed by atoms with Crippen molar-refractivity contribution < 1.29 is 19.2 Å². The van der Waals surface area contributed by atoms with Crippen LogP contribution in [0, 0.1) is 5.41 Å². The molecule has 0 aromatic heterocycles. The highest BCUT2D eigenvalue weighted by Gasteiger charge is 2.25. The molecule has 0 radical (unpaired) electrons. The number of hydroxylamine groups is 2. The molecule has 22 heavy (non-hydrogen) atoms. The van der Waals surface area contributed by atoms with Gasteiger partial charge in [0.05, 0.1) is 0 Å². The molecule has 0 N–H and O–H groups in total. The smallest absolute Gasteiger partial charge is 0.352 e. The van der Waals surface area contributed by atoms with Gasteiger partial charge in [-0.05, 0) is 19.3 Å². The van der Waals surface area contributed by atoms with Crippen LogP contribution in [-0.4, -0.2) is 36.2 Å². The van der Waals surface area contributed by atoms with Gasteiger partial charge in [-0.2, -0.15) is 0 Å². The Morgan fingerprint density at radius 1 is 1.14 bits per heavy atom. The highest BCUT2D eigenvalue weighted by molar-refractivity contribution is 5.87. The Morgan fingerprint density at radius 3 is 2.14 bits per heavy atom. The monoisotopic (exact) mass is 309 g/mol. The van der Waals surface area contributed by atoms with Gasteiger partial charge in [-0.15, -0.1) is 5.06 Å². The predicted octanol–water partition coefficient (Wildman–Crippen LogP) is 3.02. The number of carbonyl (C=O) groups is 2. The number of hydrogen-bond acceptors (Lipinski definition) is 5. The lowest BCUT2D eigenvalue weighted by Gasteiger charge is -2.30. The van der Waals surface area contributed by atoms with E-state index in [1.54, 1.807) is 18.9 Å². The van der Waals surface area contributed by atoms with Crippen molar-refractivity contribution in [3.63, 3.8) is 0 Å². The SMILES string of the molecule is C=C(C)C(=O)OC1CCN(OC(=O)/C(C)=C/C(C)(C)C)CC1. The van der Waals surface area contributed by atoms with E-state index in [0.29, 0.717) is 37.1 Å². The van der Waals surface area contributed by atoms with Crippen molar-refractivity contribution in [2.24, 2.45) is 5.41 Å². The second kappa shape index (κ2) is 7.58. The third kappa shape index (κ3) is 6.43. The van der Waals surface area contributed by atoms with E-state index in [1.165, 1.54) is 0 Å². The van der Waals surface area contributed by atoms with Crippen LogP contribution in [0.3, 0.4) is 0 Å². The molecular weight excluding hydrogens is 282 g/mol. The Labute approximate surface area is 132 Å². The second-order valence-electron chi connectivity index (χ2n) is 6.89. The number of esters is 1. The van der Waals surface area contributed by atoms with E-state index < -0.39 is 0 Å². The van der Waals surface area contributed by atoms with Crippen LogP contribution >= 0.6 is 0 Å². The maximum Gasteiger partial charge on any atom is 0.352 e. The Bertz CT molecular complexity index is 466. The molecule has 0 aliphatic carbocycles. The average Bonchev–Trinajstić information content (AvgIpc) is 2.38. The van der Waals surface area contributed by atoms with E-state index in [4.69, 9.17) is 9.57 Å². The van der Waals surface area contributed by atoms with Crippen molar-refractivity contribution in [1.29, 1.82) is 0 Å². The maximum absolute atomic E-state index is 12.0. The average molecular weight is 309 g/mol. The fraction of sp³-hybridized carbons (Fsp3) is 0.647. The quantitative estimate of drug-likeness (QED) is 0.590. The largest absolute Gasteiger partial charge is 0.459 e. The fourth-order valence-corrected chi connectivity index (χ4v) is 2.19. The van der Waals surface area contributed by atoms with Crippen molar-refractivity contribution in [2.75, 3.05) is 13.1 Å². The van der Waals surface area contributed by atoms with Crippen molar-refractivity contribution in [3.05, 3.63) is 23.8 Å². The van der Waals surface area contributed by atoms with Gasteiger partial charge in [-0.3, -0.25) is 0 Å². The summed E-state index contributed by atoms with van der Waals surface area (Å²) in [4.78, 5) is 28.8. The number of allylic oxidation sites excluding steroid dienone is 1. The minimum atomic E-state index is -0.362. The van der Waals surface area contributed by atoms with Gasteiger partial charge in [0, 0.05) is 37.1 Å². The first-order valence-electron chi connectivity index (χ1n) is 7.61. The van der Waals surface area contributed by atoms with Crippen molar-refractivity contribution in [1.82, 2.24) is 5.06 Å². The molecular formula is C17H27NO4. The van der Waals surface area contributed by atoms with Gasteiger partial charge in [-0.25, -0.2) is 9.59 Å². The van der Waals surface area contributed by atoms with Crippen LogP contribution in [-0.2, 0) is 19.2 Å². The zero-order valence-electron chi connectivity index (χ0n) is 14.3. The summed E-state index contributed by atoms with van der Waals surface area (Å²) in [6.45, 7) is 14.2. The predicted molar refractivity (Wildman–Crippen MR) is 84.8 cm³/mol. The molecule has 0 saturated carbocycles. The number of nitrogens with zero attached hydrogens (tertiary/aromatic N) is 1. The topological polar surface area (TPSA) is 55.8 Å². The molecule has 0 unspecified atom stereocenters. The van der Waals surface area contributed by atoms with E-state index in [1.807, 2.05) is 26.8 Å². The summed E-state index contributed by atoms with van der Waals surface area (Å²) in [6.07, 6.45) is 3.06. The lowest BCUT2D eigenvalue weighted by Crippen LogP contribution is -2.39. The molecule has 1 aliphatic rings. The lowest BCUT2D eigenvalue weighted by molar-refractivity contribution is -0.196. The molecule has 1 rings (SSSR count). The summed E-state index contributed by atoms with van der Waals surface area (Å²) in [5.41, 5.74) is 0.937. The van der Waals surface area contributed by atoms with Gasteiger partial charge in [0.2, 0.25) is 0 Å². The summed E-state index contributed by atoms with van der Waals surface area (Å²) in [6, 6.07) is 0. The second-order valence-corrected chi connectivity index (χ2v) is 6.89. The van der Waals surface area contributed by atoms with Gasteiger partial charge in [0.25, 0.3) is 0 Å². The molecule has 0 spiro atoms. The van der Waals surface area contributed by atoms with E-state index >= 15 is 0 Å². The summed E-state index contributed by atoms with van der Waals surface area (Å²) in [5, 5.41) is 1.63. The Balaban J connectivity index is 2.43. The van der Waals surface area contributed by atoms with E-state index in [9.17, 15) is 9.59 Å². The molecule has 1 aliphatic heterocycles. The molecule has 5 nitrogen and oxygen atoms in total. The van der Waals surface area contributed by atoms with Crippen molar-refractivity contribution >= 4 is 11.9 Å². The normalized spacial score (nSPS) is 18.0. The van der Waals surface area contributed by atoms with Gasteiger partial charge in [0.1, 0.15) is 6.10 Å². The number of hydrogen-bond donors (Lipinski definition) is 0. The Morgan fingerprint density at radius 2 is 1.68 bits per heavy atom. The summed E-state index contributed by atoms with van der Waals surface area (Å²) in [5.74, 6) is -0.688. The zero-order chi connectivity index (χ0) is 16.9. The number of rotatable bonds is 4. The van der Waals surface area contributed by atoms with Gasteiger partial charge in [-0.1, -0.05) is 33.4 Å². The van der Waals surface area contributed by atoms with E-state index in [2.05, 4.69) is 6.58 Å². The minimum Gasteiger partial charge on any atom is -0.459 e. The Kier molecular flexibility index (Phi) is 6.35. The fourth-order valence-electron chi connectivity index (χ4n) is 2.19. The van der Waals surface area contributed by atoms with Crippen LogP contribution in [0.5, 0.6) is 0 Å². The molecule has 1 heterocycles. The molecule has 5 heteroatoms. The van der Waals surface area contributed by atoms with Crippen molar-refractivity contribution in [3.8, 4) is 0 Å². The molecule has 0 atom stereocenters. The first-order valence-corrected chi connectivity index (χ1v) is 7.61. The summed E-state index contributed by atoms with van der Waals surface area (Å²) < 4.78 is 5.30. The van der Waals surface area contributed by atoms with E-state index in [-0.39, 0.29) is 23.5 Å². The Hall–Kier alpha value is -1.62. The van der Waals surface area contributed by atoms with Crippen LogP contribution in [0.2, 0.25) is 0 Å². The maximum atomic E-state index is 12.0. The third-order valence-corrected chi connectivity index (χ3v) is 3.21. The van der Waals surface area contributed by atoms with Crippen LogP contribution in [0.15, 0.2) is 23.8 Å². The molecule has 1 saturated heterocycles. The first-order chi connectivity index (χ1) is 10.1. The van der Waals surface area contributed by atoms with Gasteiger partial charge >= 0.3 is 11.9 Å². The summed E-state index contributed by atoms with van der Waals surface area (Å²) >= 11 is 0. The molecule has 1 fully saturated rings. The third-order valence-electron chi connectivity index (χ3n) is 3.21. The van der Waals surface area contributed by atoms with Crippen LogP contribution < -0.4 is 0 Å². The van der Waals surface area contributed by atoms with Crippen LogP contribution in [0.25, 0.3) is 0 Å². The standard InChI is InChI=1S/C17H27NO4/c1-12(2)15(19)21-14-7-9-18(10-8-14)22-16(20)13(3)11-17(4,5)6/h11,14H,1,7-10H2,2-6H3/b13-11+. The number of ether oxygens (including phenoxy) is 1. The molecule has 124 valence electrons. The van der Waals surface area contributed by atoms with E-state index in [0.717, 1.165) is 0 Å². The molecule has 0 aromatic rings. The number of carbonyl (C=O) groups excluding carboxylic acids is 2. The highest BCUT2D eigenvalue weighted by atomic mass is 16.7. The zero-order valence-corrected chi connectivity index (χ0v) is 14.3.